The summed E-state index contributed by atoms with van der Waals surface area (Å²) in [5.74, 6) is -5.15. The number of likely N-dealkylation sites (N-methyl/N-ethyl adjacent to an activating group) is 3. The van der Waals surface area contributed by atoms with Crippen molar-refractivity contribution in [1.82, 2.24) is 14.7 Å². The number of ether oxygens (including phenoxy) is 8. The Bertz CT molecular complexity index is 2270. The van der Waals surface area contributed by atoms with Gasteiger partial charge in [-0.2, -0.15) is 0 Å². The average Bonchev–Trinajstić information content (AvgIpc) is 4.40. The molecule has 5 aliphatic rings. The van der Waals surface area contributed by atoms with Crippen molar-refractivity contribution in [3.05, 3.63) is 22.7 Å². The number of benzene rings is 1. The van der Waals surface area contributed by atoms with E-state index in [1.54, 1.807) is 60.6 Å². The Morgan fingerprint density at radius 2 is 1.60 bits per heavy atom. The third-order valence-corrected chi connectivity index (χ3v) is 18.1. The zero-order chi connectivity index (χ0) is 59.5. The van der Waals surface area contributed by atoms with Crippen molar-refractivity contribution in [1.29, 1.82) is 0 Å². The molecule has 0 amide bonds. The van der Waals surface area contributed by atoms with Gasteiger partial charge in [-0.15, -0.1) is 0 Å². The molecule has 1 aromatic rings. The first-order chi connectivity index (χ1) is 37.4. The van der Waals surface area contributed by atoms with Crippen LogP contribution in [-0.4, -0.2) is 230 Å². The number of nitrogens with zero attached hydrogens (tertiary/aromatic N) is 4. The van der Waals surface area contributed by atoms with Gasteiger partial charge < -0.3 is 83.2 Å². The minimum Gasteiger partial charge on any atom is -0.468 e. The number of carbonyl (C=O) groups excluding carboxylic acids is 4. The topological polar surface area (TPSA) is 248 Å². The molecule has 456 valence electrons. The van der Waals surface area contributed by atoms with Crippen molar-refractivity contribution in [2.45, 2.75) is 211 Å². The van der Waals surface area contributed by atoms with E-state index in [9.17, 15) is 39.6 Å². The fourth-order valence-corrected chi connectivity index (χ4v) is 12.9. The summed E-state index contributed by atoms with van der Waals surface area (Å²) < 4.78 is 50.1. The van der Waals surface area contributed by atoms with Crippen LogP contribution in [0.1, 0.15) is 125 Å². The Morgan fingerprint density at radius 3 is 2.21 bits per heavy atom. The predicted molar refractivity (Wildman–Crippen MR) is 300 cm³/mol. The molecule has 1 unspecified atom stereocenters. The van der Waals surface area contributed by atoms with E-state index in [0.717, 1.165) is 18.5 Å². The van der Waals surface area contributed by atoms with Crippen molar-refractivity contribution in [3.63, 3.8) is 0 Å². The monoisotopic (exact) mass is 1150 g/mol. The number of anilines is 2. The van der Waals surface area contributed by atoms with Gasteiger partial charge in [0.15, 0.2) is 24.5 Å². The molecule has 3 saturated heterocycles. The molecule has 1 aliphatic carbocycles. The van der Waals surface area contributed by atoms with Gasteiger partial charge >= 0.3 is 17.9 Å². The number of hydrogen-bond donors (Lipinski definition) is 5. The fourth-order valence-electron chi connectivity index (χ4n) is 12.7. The van der Waals surface area contributed by atoms with Crippen LogP contribution in [0.2, 0.25) is 5.02 Å². The number of methoxy groups -OCH3 is 2. The van der Waals surface area contributed by atoms with Crippen LogP contribution in [0.25, 0.3) is 0 Å². The molecule has 0 spiro atoms. The number of halogens is 1. The van der Waals surface area contributed by atoms with Gasteiger partial charge in [0.05, 0.1) is 60.2 Å². The largest absolute Gasteiger partial charge is 0.468 e. The second-order valence-electron chi connectivity index (χ2n) is 24.8. The molecule has 0 aromatic heterocycles. The summed E-state index contributed by atoms with van der Waals surface area (Å²) in [5, 5.41) is 52.0. The second kappa shape index (κ2) is 27.2. The molecule has 0 radical (unpaired) electrons. The highest BCUT2D eigenvalue weighted by Crippen LogP contribution is 2.44. The lowest BCUT2D eigenvalue weighted by atomic mass is 9.77. The lowest BCUT2D eigenvalue weighted by molar-refractivity contribution is -0.318. The highest BCUT2D eigenvalue weighted by Gasteiger charge is 2.54. The number of rotatable bonds is 17. The molecular weight excluding hydrogens is 1060 g/mol. The maximum Gasteiger partial charge on any atom is 0.318 e. The molecule has 19 atom stereocenters. The van der Waals surface area contributed by atoms with E-state index in [-0.39, 0.29) is 62.1 Å². The Balaban J connectivity index is 1.17. The average molecular weight is 1150 g/mol. The second-order valence-corrected chi connectivity index (χ2v) is 25.2. The lowest BCUT2D eigenvalue weighted by Gasteiger charge is -2.49. The minimum absolute atomic E-state index is 0.0317. The van der Waals surface area contributed by atoms with Gasteiger partial charge in [-0.25, -0.2) is 0 Å². The van der Waals surface area contributed by atoms with Crippen molar-refractivity contribution in [3.8, 4) is 0 Å². The molecule has 4 aliphatic heterocycles. The minimum atomic E-state index is -1.87. The number of esters is 3. The van der Waals surface area contributed by atoms with Crippen molar-refractivity contribution >= 4 is 46.7 Å². The Morgan fingerprint density at radius 1 is 0.925 bits per heavy atom. The fraction of sp³-hybridized carbons (Fsp3) is 0.828. The maximum absolute atomic E-state index is 14.6. The van der Waals surface area contributed by atoms with Crippen LogP contribution in [0.5, 0.6) is 0 Å². The normalized spacial score (nSPS) is 39.0. The zero-order valence-electron chi connectivity index (χ0n) is 50.3. The van der Waals surface area contributed by atoms with E-state index in [1.165, 1.54) is 21.1 Å². The smallest absolute Gasteiger partial charge is 0.318 e. The molecule has 1 aromatic carbocycles. The van der Waals surface area contributed by atoms with Gasteiger partial charge in [0.1, 0.15) is 35.4 Å². The number of aliphatic hydroxyl groups is 4. The molecule has 21 nitrogen and oxygen atoms in total. The number of Topliss-reactive ketones (excluding diaryl/α,β-unsaturated/α-hetero) is 1. The zero-order valence-corrected chi connectivity index (χ0v) is 51.1. The summed E-state index contributed by atoms with van der Waals surface area (Å²) in [6, 6.07) is 2.81. The highest BCUT2D eigenvalue weighted by atomic mass is 35.5. The van der Waals surface area contributed by atoms with Crippen LogP contribution in [-0.2, 0) is 52.3 Å². The number of nitrogens with one attached hydrogen (secondary N) is 1. The third-order valence-electron chi connectivity index (χ3n) is 17.8. The Hall–Kier alpha value is -3.29. The van der Waals surface area contributed by atoms with Crippen LogP contribution < -0.4 is 10.2 Å². The number of hydrogen-bond acceptors (Lipinski definition) is 21. The molecular formula is C58H96ClN5O16. The quantitative estimate of drug-likeness (QED) is 0.0819. The summed E-state index contributed by atoms with van der Waals surface area (Å²) in [4.78, 5) is 62.3. The molecule has 1 saturated carbocycles. The molecule has 22 heteroatoms. The molecule has 0 bridgehead atoms. The van der Waals surface area contributed by atoms with Gasteiger partial charge in [0, 0.05) is 81.5 Å². The van der Waals surface area contributed by atoms with Gasteiger partial charge in [-0.1, -0.05) is 32.4 Å². The Kier molecular flexibility index (Phi) is 22.4. The van der Waals surface area contributed by atoms with Gasteiger partial charge in [-0.3, -0.25) is 19.2 Å². The van der Waals surface area contributed by atoms with Crippen molar-refractivity contribution in [2.75, 3.05) is 85.4 Å². The predicted octanol–water partition coefficient (Wildman–Crippen LogP) is 4.49. The van der Waals surface area contributed by atoms with Crippen LogP contribution in [0.4, 0.5) is 11.4 Å². The highest BCUT2D eigenvalue weighted by molar-refractivity contribution is 6.34. The van der Waals surface area contributed by atoms with E-state index in [0.29, 0.717) is 48.9 Å². The van der Waals surface area contributed by atoms with Gasteiger partial charge in [-0.05, 0) is 127 Å². The molecule has 5 N–H and O–H groups in total. The van der Waals surface area contributed by atoms with E-state index in [1.807, 2.05) is 56.7 Å². The Labute approximate surface area is 479 Å². The number of cyclic esters (lactones) is 1. The maximum atomic E-state index is 14.6. The third kappa shape index (κ3) is 15.1. The number of fused-ring (bicyclic) bond motifs is 1. The first kappa shape index (κ1) is 65.9. The summed E-state index contributed by atoms with van der Waals surface area (Å²) in [7, 11) is 10.2. The standard InChI is InChI=1S/C58H96ClN5O16/c1-17-44-58(10,72)50(68)35(6)63(14)29-31(2)27-56(8,71)51(80-55-48(67)43(61(11)12)24-32(3)75-55)33(4)49(34(5)53(69)77-44)79-46-28-57(9,74-16)52(36(7)76-46)78-45(65)20-22-62(13)23-21-60-41-25-38-42(26-40(41)59)64(37-18-19-37)30-39(47(38)66)54(70)73-15/h25-26,31-37,39,43-44,46,48-52,55,60,67-68,71-72H,17-24,27-30H2,1-16H3/t31-,32-,33+,34-,35-,36+,39?,43+,44-,46+,48-,49+,50+,51-,52+,55+,56-,57-,58-/m1/s1. The molecule has 4 fully saturated rings. The van der Waals surface area contributed by atoms with Gasteiger partial charge in [0.2, 0.25) is 0 Å². The summed E-state index contributed by atoms with van der Waals surface area (Å²) >= 11 is 6.75. The van der Waals surface area contributed by atoms with Crippen LogP contribution in [0.15, 0.2) is 12.1 Å². The molecule has 6 rings (SSSR count). The van der Waals surface area contributed by atoms with Crippen molar-refractivity contribution < 1.29 is 77.5 Å². The van der Waals surface area contributed by atoms with Crippen molar-refractivity contribution in [2.24, 2.45) is 23.7 Å². The SMILES string of the molecule is CC[C@H]1OC(=O)[C@H](C)[C@@H](O[C@H]2C[C@@](C)(OC)[C@@H](OC(=O)CCN(C)CCNc3cc4c(cc3Cl)N(C3CC3)CC(C(=O)OC)C4=O)[C@H](C)O2)[C@H](C)[C@@H](O[C@@H]2O[C@H](C)C[C@H](N(C)C)[C@H]2O)[C@](C)(O)C[C@@H](C)CN(C)[C@H](C)[C@H](O)[C@]1(C)O. The van der Waals surface area contributed by atoms with Gasteiger partial charge in [0.25, 0.3) is 0 Å². The van der Waals surface area contributed by atoms with E-state index < -0.39 is 114 Å². The van der Waals surface area contributed by atoms with Crippen LogP contribution >= 0.6 is 11.6 Å². The lowest BCUT2D eigenvalue weighted by Crippen LogP contribution is -2.61. The summed E-state index contributed by atoms with van der Waals surface area (Å²) in [6.07, 6.45) is -7.15. The first-order valence-corrected chi connectivity index (χ1v) is 29.2. The summed E-state index contributed by atoms with van der Waals surface area (Å²) in [6.45, 7) is 19.5. The molecule has 80 heavy (non-hydrogen) atoms. The number of ketones is 1. The first-order valence-electron chi connectivity index (χ1n) is 28.8. The van der Waals surface area contributed by atoms with E-state index in [2.05, 4.69) is 10.2 Å². The molecule has 4 heterocycles. The number of carbonyl (C=O) groups is 4. The van der Waals surface area contributed by atoms with E-state index >= 15 is 0 Å². The summed E-state index contributed by atoms with van der Waals surface area (Å²) in [5.41, 5.74) is -2.98. The van der Waals surface area contributed by atoms with E-state index in [4.69, 9.17) is 49.5 Å². The van der Waals surface area contributed by atoms with Crippen LogP contribution in [0, 0.1) is 23.7 Å². The number of aliphatic hydroxyl groups excluding tert-OH is 2. The van der Waals surface area contributed by atoms with Crippen LogP contribution in [0.3, 0.4) is 0 Å².